The summed E-state index contributed by atoms with van der Waals surface area (Å²) in [6.07, 6.45) is 5.67. The van der Waals surface area contributed by atoms with Crippen molar-refractivity contribution in [2.75, 3.05) is 5.75 Å². The van der Waals surface area contributed by atoms with Crippen LogP contribution in [-0.2, 0) is 11.3 Å². The summed E-state index contributed by atoms with van der Waals surface area (Å²) in [6.45, 7) is -0.231. The molecule has 1 aromatic rings. The van der Waals surface area contributed by atoms with Crippen LogP contribution in [-0.4, -0.2) is 37.0 Å². The number of carboxylic acid groups (broad SMARTS) is 1. The number of hydrogen-bond donors (Lipinski definition) is 1. The van der Waals surface area contributed by atoms with Crippen molar-refractivity contribution >= 4 is 17.7 Å². The highest BCUT2D eigenvalue weighted by atomic mass is 32.2. The van der Waals surface area contributed by atoms with Crippen molar-refractivity contribution in [2.45, 2.75) is 18.1 Å². The Morgan fingerprint density at radius 1 is 1.71 bits per heavy atom. The van der Waals surface area contributed by atoms with Crippen LogP contribution >= 0.6 is 11.8 Å². The monoisotopic (exact) mass is 212 g/mol. The van der Waals surface area contributed by atoms with Gasteiger partial charge in [0.25, 0.3) is 0 Å². The minimum atomic E-state index is -0.976. The largest absolute Gasteiger partial charge is 0.480 e. The van der Waals surface area contributed by atoms with E-state index in [-0.39, 0.29) is 6.54 Å². The Kier molecular flexibility index (Phi) is 3.94. The third-order valence-electron chi connectivity index (χ3n) is 1.26. The van der Waals surface area contributed by atoms with E-state index in [9.17, 15) is 4.79 Å². The van der Waals surface area contributed by atoms with E-state index in [1.807, 2.05) is 0 Å². The van der Waals surface area contributed by atoms with E-state index >= 15 is 0 Å². The number of rotatable bonds is 5. The van der Waals surface area contributed by atoms with E-state index < -0.39 is 5.97 Å². The molecule has 0 radical (unpaired) electrons. The van der Waals surface area contributed by atoms with Crippen molar-refractivity contribution in [2.24, 2.45) is 0 Å². The third kappa shape index (κ3) is 3.06. The van der Waals surface area contributed by atoms with Gasteiger partial charge in [-0.3, -0.25) is 4.79 Å². The normalized spacial score (nSPS) is 9.64. The summed E-state index contributed by atoms with van der Waals surface area (Å²) in [6, 6.07) is 0. The Balaban J connectivity index is 2.54. The summed E-state index contributed by atoms with van der Waals surface area (Å²) < 4.78 is 1.23. The fraction of sp³-hybridized carbons (Fsp3) is 0.429. The van der Waals surface area contributed by atoms with Crippen molar-refractivity contribution in [1.82, 2.24) is 20.2 Å². The second-order valence-electron chi connectivity index (χ2n) is 2.32. The summed E-state index contributed by atoms with van der Waals surface area (Å²) in [7, 11) is 0. The van der Waals surface area contributed by atoms with Gasteiger partial charge in [0, 0.05) is 12.2 Å². The Hall–Kier alpha value is -1.55. The molecule has 0 bridgehead atoms. The van der Waals surface area contributed by atoms with Crippen LogP contribution < -0.4 is 0 Å². The lowest BCUT2D eigenvalue weighted by molar-refractivity contribution is -0.138. The number of terminal acetylenes is 1. The summed E-state index contributed by atoms with van der Waals surface area (Å²) in [5, 5.41) is 19.6. The molecule has 0 aromatic carbocycles. The molecule has 0 saturated heterocycles. The first kappa shape index (κ1) is 10.5. The first-order valence-corrected chi connectivity index (χ1v) is 4.77. The standard InChI is InChI=1S/C7H8N4O2S/c1-2-3-4-14-7-8-9-10-11(7)5-6(12)13/h1H,3-5H2,(H,12,13). The molecule has 0 aliphatic heterocycles. The van der Waals surface area contributed by atoms with Gasteiger partial charge in [0.1, 0.15) is 6.54 Å². The maximum atomic E-state index is 10.4. The van der Waals surface area contributed by atoms with Gasteiger partial charge in [-0.05, 0) is 10.4 Å². The highest BCUT2D eigenvalue weighted by molar-refractivity contribution is 7.99. The van der Waals surface area contributed by atoms with Crippen molar-refractivity contribution in [3.05, 3.63) is 0 Å². The van der Waals surface area contributed by atoms with E-state index in [1.165, 1.54) is 16.4 Å². The third-order valence-corrected chi connectivity index (χ3v) is 2.22. The molecular weight excluding hydrogens is 204 g/mol. The fourth-order valence-corrected chi connectivity index (χ4v) is 1.48. The molecular formula is C7H8N4O2S. The second-order valence-corrected chi connectivity index (χ2v) is 3.38. The Morgan fingerprint density at radius 2 is 2.50 bits per heavy atom. The summed E-state index contributed by atoms with van der Waals surface area (Å²) in [5.41, 5.74) is 0. The number of aliphatic carboxylic acids is 1. The molecule has 1 N–H and O–H groups in total. The topological polar surface area (TPSA) is 80.9 Å². The molecule has 0 atom stereocenters. The molecule has 0 fully saturated rings. The average Bonchev–Trinajstić information content (AvgIpc) is 2.52. The highest BCUT2D eigenvalue weighted by Crippen LogP contribution is 2.13. The van der Waals surface area contributed by atoms with Gasteiger partial charge in [-0.15, -0.1) is 17.4 Å². The molecule has 6 nitrogen and oxygen atoms in total. The molecule has 0 aliphatic rings. The van der Waals surface area contributed by atoms with Crippen LogP contribution in [0.25, 0.3) is 0 Å². The minimum Gasteiger partial charge on any atom is -0.480 e. The lowest BCUT2D eigenvalue weighted by atomic mass is 10.5. The maximum Gasteiger partial charge on any atom is 0.325 e. The predicted molar refractivity (Wildman–Crippen MR) is 49.6 cm³/mol. The zero-order valence-electron chi connectivity index (χ0n) is 7.25. The van der Waals surface area contributed by atoms with Crippen LogP contribution in [0.15, 0.2) is 5.16 Å². The van der Waals surface area contributed by atoms with Crippen LogP contribution in [0.4, 0.5) is 0 Å². The number of nitrogens with zero attached hydrogens (tertiary/aromatic N) is 4. The van der Waals surface area contributed by atoms with E-state index in [2.05, 4.69) is 21.4 Å². The maximum absolute atomic E-state index is 10.4. The summed E-state index contributed by atoms with van der Waals surface area (Å²) in [5.74, 6) is 2.18. The molecule has 1 heterocycles. The molecule has 0 spiro atoms. The molecule has 0 unspecified atom stereocenters. The molecule has 0 aliphatic carbocycles. The molecule has 0 saturated carbocycles. The van der Waals surface area contributed by atoms with Crippen LogP contribution in [0.3, 0.4) is 0 Å². The molecule has 74 valence electrons. The fourth-order valence-electron chi connectivity index (χ4n) is 0.728. The van der Waals surface area contributed by atoms with Crippen LogP contribution in [0.1, 0.15) is 6.42 Å². The van der Waals surface area contributed by atoms with Gasteiger partial charge in [-0.25, -0.2) is 4.68 Å². The smallest absolute Gasteiger partial charge is 0.325 e. The molecule has 1 aromatic heterocycles. The number of aromatic nitrogens is 4. The summed E-state index contributed by atoms with van der Waals surface area (Å²) >= 11 is 1.34. The van der Waals surface area contributed by atoms with Crippen LogP contribution in [0, 0.1) is 12.3 Å². The summed E-state index contributed by atoms with van der Waals surface area (Å²) in [4.78, 5) is 10.4. The van der Waals surface area contributed by atoms with Gasteiger partial charge in [-0.1, -0.05) is 11.8 Å². The van der Waals surface area contributed by atoms with Gasteiger partial charge in [0.2, 0.25) is 5.16 Å². The van der Waals surface area contributed by atoms with Gasteiger partial charge >= 0.3 is 5.97 Å². The van der Waals surface area contributed by atoms with E-state index in [1.54, 1.807) is 0 Å². The zero-order chi connectivity index (χ0) is 10.4. The molecule has 14 heavy (non-hydrogen) atoms. The average molecular weight is 212 g/mol. The molecule has 1 rings (SSSR count). The zero-order valence-corrected chi connectivity index (χ0v) is 8.07. The van der Waals surface area contributed by atoms with Crippen molar-refractivity contribution in [1.29, 1.82) is 0 Å². The highest BCUT2D eigenvalue weighted by Gasteiger charge is 2.08. The number of carbonyl (C=O) groups is 1. The van der Waals surface area contributed by atoms with Crippen LogP contribution in [0.2, 0.25) is 0 Å². The van der Waals surface area contributed by atoms with Crippen molar-refractivity contribution in [3.8, 4) is 12.3 Å². The van der Waals surface area contributed by atoms with Gasteiger partial charge in [0.05, 0.1) is 0 Å². The first-order chi connectivity index (χ1) is 6.74. The van der Waals surface area contributed by atoms with Gasteiger partial charge in [0.15, 0.2) is 0 Å². The number of hydrogen-bond acceptors (Lipinski definition) is 5. The number of tetrazole rings is 1. The Morgan fingerprint density at radius 3 is 3.14 bits per heavy atom. The number of carboxylic acids is 1. The van der Waals surface area contributed by atoms with Crippen molar-refractivity contribution in [3.63, 3.8) is 0 Å². The van der Waals surface area contributed by atoms with E-state index in [0.717, 1.165) is 0 Å². The quantitative estimate of drug-likeness (QED) is 0.416. The Labute approximate surface area is 84.7 Å². The number of thioether (sulfide) groups is 1. The predicted octanol–water partition coefficient (Wildman–Crippen LogP) is -0.127. The second kappa shape index (κ2) is 5.24. The van der Waals surface area contributed by atoms with Gasteiger partial charge < -0.3 is 5.11 Å². The molecule has 7 heteroatoms. The lowest BCUT2D eigenvalue weighted by Gasteiger charge is -1.98. The Bertz CT molecular complexity index is 357. The van der Waals surface area contributed by atoms with E-state index in [4.69, 9.17) is 11.5 Å². The molecule has 0 amide bonds. The first-order valence-electron chi connectivity index (χ1n) is 3.78. The van der Waals surface area contributed by atoms with E-state index in [0.29, 0.717) is 17.3 Å². The minimum absolute atomic E-state index is 0.231. The van der Waals surface area contributed by atoms with Gasteiger partial charge in [-0.2, -0.15) is 0 Å². The van der Waals surface area contributed by atoms with Crippen molar-refractivity contribution < 1.29 is 9.90 Å². The van der Waals surface area contributed by atoms with Crippen LogP contribution in [0.5, 0.6) is 0 Å². The lowest BCUT2D eigenvalue weighted by Crippen LogP contribution is -2.11. The SMILES string of the molecule is C#CCCSc1nnnn1CC(=O)O.